The van der Waals surface area contributed by atoms with E-state index in [0.29, 0.717) is 21.6 Å². The average Bonchev–Trinajstić information content (AvgIpc) is 2.32. The molecule has 0 radical (unpaired) electrons. The van der Waals surface area contributed by atoms with Crippen LogP contribution in [-0.2, 0) is 4.79 Å². The van der Waals surface area contributed by atoms with E-state index in [1.807, 2.05) is 6.92 Å². The zero-order valence-corrected chi connectivity index (χ0v) is 12.5. The van der Waals surface area contributed by atoms with Gasteiger partial charge < -0.3 is 10.2 Å². The van der Waals surface area contributed by atoms with Crippen LogP contribution < -0.4 is 5.32 Å². The van der Waals surface area contributed by atoms with Gasteiger partial charge in [0.05, 0.1) is 17.1 Å². The molecule has 1 N–H and O–H groups in total. The second kappa shape index (κ2) is 6.75. The minimum atomic E-state index is -0.285. The molecule has 0 heterocycles. The Morgan fingerprint density at radius 1 is 1.44 bits per heavy atom. The van der Waals surface area contributed by atoms with Gasteiger partial charge in [0, 0.05) is 18.1 Å². The highest BCUT2D eigenvalue weighted by Crippen LogP contribution is 2.26. The summed E-state index contributed by atoms with van der Waals surface area (Å²) in [5, 5.41) is 2.99. The molecule has 18 heavy (non-hydrogen) atoms. The number of nitrogens with zero attached hydrogens (tertiary/aromatic N) is 1. The van der Waals surface area contributed by atoms with Crippen molar-refractivity contribution >= 4 is 39.3 Å². The molecule has 98 valence electrons. The van der Waals surface area contributed by atoms with Crippen molar-refractivity contribution in [3.63, 3.8) is 0 Å². The van der Waals surface area contributed by atoms with Gasteiger partial charge in [-0.2, -0.15) is 0 Å². The van der Waals surface area contributed by atoms with Crippen LogP contribution in [0.5, 0.6) is 0 Å². The zero-order chi connectivity index (χ0) is 13.7. The Morgan fingerprint density at radius 2 is 2.11 bits per heavy atom. The maximum Gasteiger partial charge on any atom is 0.255 e. The first-order valence-corrected chi connectivity index (χ1v) is 6.60. The predicted octanol–water partition coefficient (Wildman–Crippen LogP) is 2.31. The van der Waals surface area contributed by atoms with Crippen LogP contribution in [0.2, 0.25) is 5.02 Å². The van der Waals surface area contributed by atoms with Crippen LogP contribution in [0.15, 0.2) is 22.7 Å². The molecule has 1 rings (SSSR count). The van der Waals surface area contributed by atoms with E-state index in [9.17, 15) is 9.59 Å². The van der Waals surface area contributed by atoms with Crippen LogP contribution in [0.25, 0.3) is 0 Å². The van der Waals surface area contributed by atoms with Crippen LogP contribution in [-0.4, -0.2) is 36.9 Å². The largest absolute Gasteiger partial charge is 0.355 e. The van der Waals surface area contributed by atoms with E-state index in [1.165, 1.54) is 4.90 Å². The summed E-state index contributed by atoms with van der Waals surface area (Å²) in [5.41, 5.74) is 0.373. The zero-order valence-electron chi connectivity index (χ0n) is 10.2. The first kappa shape index (κ1) is 15.0. The molecule has 0 atom stereocenters. The first-order valence-electron chi connectivity index (χ1n) is 5.43. The van der Waals surface area contributed by atoms with Gasteiger partial charge in [-0.3, -0.25) is 9.59 Å². The number of hydrogen-bond acceptors (Lipinski definition) is 2. The third kappa shape index (κ3) is 3.71. The molecule has 0 aromatic heterocycles. The Morgan fingerprint density at radius 3 is 2.72 bits per heavy atom. The van der Waals surface area contributed by atoms with E-state index in [4.69, 9.17) is 11.6 Å². The minimum Gasteiger partial charge on any atom is -0.355 e. The van der Waals surface area contributed by atoms with E-state index in [0.717, 1.165) is 0 Å². The molecule has 0 aliphatic rings. The normalized spacial score (nSPS) is 10.0. The van der Waals surface area contributed by atoms with Crippen molar-refractivity contribution in [1.82, 2.24) is 10.2 Å². The molecule has 0 bridgehead atoms. The summed E-state index contributed by atoms with van der Waals surface area (Å²) in [6.07, 6.45) is 0. The van der Waals surface area contributed by atoms with Gasteiger partial charge in [0.15, 0.2) is 0 Å². The molecule has 0 saturated carbocycles. The van der Waals surface area contributed by atoms with Gasteiger partial charge in [-0.1, -0.05) is 17.7 Å². The van der Waals surface area contributed by atoms with E-state index in [-0.39, 0.29) is 18.4 Å². The molecule has 4 nitrogen and oxygen atoms in total. The fraction of sp³-hybridized carbons (Fsp3) is 0.333. The van der Waals surface area contributed by atoms with Gasteiger partial charge in [-0.15, -0.1) is 0 Å². The quantitative estimate of drug-likeness (QED) is 0.919. The highest BCUT2D eigenvalue weighted by molar-refractivity contribution is 9.10. The second-order valence-corrected chi connectivity index (χ2v) is 4.95. The third-order valence-electron chi connectivity index (χ3n) is 2.28. The summed E-state index contributed by atoms with van der Waals surface area (Å²) in [4.78, 5) is 24.8. The minimum absolute atomic E-state index is 0.00944. The van der Waals surface area contributed by atoms with Gasteiger partial charge in [-0.05, 0) is 35.0 Å². The first-order chi connectivity index (χ1) is 8.47. The fourth-order valence-electron chi connectivity index (χ4n) is 1.41. The van der Waals surface area contributed by atoms with Crippen molar-refractivity contribution in [3.8, 4) is 0 Å². The lowest BCUT2D eigenvalue weighted by molar-refractivity contribution is -0.121. The van der Waals surface area contributed by atoms with Gasteiger partial charge in [0.1, 0.15) is 0 Å². The number of amides is 2. The smallest absolute Gasteiger partial charge is 0.255 e. The Balaban J connectivity index is 2.81. The number of carbonyl (C=O) groups excluding carboxylic acids is 2. The van der Waals surface area contributed by atoms with Crippen LogP contribution in [0.4, 0.5) is 0 Å². The summed E-state index contributed by atoms with van der Waals surface area (Å²) in [5.74, 6) is -0.480. The van der Waals surface area contributed by atoms with Crippen molar-refractivity contribution in [1.29, 1.82) is 0 Å². The summed E-state index contributed by atoms with van der Waals surface area (Å²) in [7, 11) is 1.56. The summed E-state index contributed by atoms with van der Waals surface area (Å²) < 4.78 is 0.654. The van der Waals surface area contributed by atoms with Crippen molar-refractivity contribution in [3.05, 3.63) is 33.3 Å². The highest BCUT2D eigenvalue weighted by Gasteiger charge is 2.18. The molecule has 1 aromatic carbocycles. The number of benzene rings is 1. The summed E-state index contributed by atoms with van der Waals surface area (Å²) >= 11 is 9.29. The number of nitrogens with one attached hydrogen (secondary N) is 1. The molecular weight excluding hydrogens is 320 g/mol. The third-order valence-corrected chi connectivity index (χ3v) is 3.58. The Labute approximate surface area is 119 Å². The summed E-state index contributed by atoms with van der Waals surface area (Å²) in [6, 6.07) is 5.11. The van der Waals surface area contributed by atoms with Gasteiger partial charge >= 0.3 is 0 Å². The maximum absolute atomic E-state index is 12.1. The second-order valence-electron chi connectivity index (χ2n) is 3.72. The van der Waals surface area contributed by atoms with E-state index in [2.05, 4.69) is 21.2 Å². The Kier molecular flexibility index (Phi) is 5.62. The number of carbonyl (C=O) groups is 2. The topological polar surface area (TPSA) is 49.4 Å². The van der Waals surface area contributed by atoms with Crippen LogP contribution in [0.3, 0.4) is 0 Å². The number of rotatable bonds is 4. The van der Waals surface area contributed by atoms with Gasteiger partial charge in [0.25, 0.3) is 5.91 Å². The monoisotopic (exact) mass is 332 g/mol. The Hall–Kier alpha value is -1.07. The molecule has 0 fully saturated rings. The molecule has 2 amide bonds. The molecule has 0 aliphatic carbocycles. The maximum atomic E-state index is 12.1. The molecule has 0 unspecified atom stereocenters. The van der Waals surface area contributed by atoms with Crippen LogP contribution in [0, 0.1) is 0 Å². The van der Waals surface area contributed by atoms with E-state index in [1.54, 1.807) is 25.2 Å². The van der Waals surface area contributed by atoms with E-state index < -0.39 is 0 Å². The average molecular weight is 334 g/mol. The summed E-state index contributed by atoms with van der Waals surface area (Å²) in [6.45, 7) is 2.37. The molecule has 0 spiro atoms. The molecular formula is C12H14BrClN2O2. The Bertz CT molecular complexity index is 465. The standard InChI is InChI=1S/C12H14BrClN2O2/c1-3-15-10(17)7-16(2)12(18)8-5-4-6-9(13)11(8)14/h4-6H,3,7H2,1-2H3,(H,15,17). The SMILES string of the molecule is CCNC(=O)CN(C)C(=O)c1cccc(Br)c1Cl. The molecule has 6 heteroatoms. The number of likely N-dealkylation sites (N-methyl/N-ethyl adjacent to an activating group) is 2. The molecule has 0 aliphatic heterocycles. The lowest BCUT2D eigenvalue weighted by atomic mass is 10.2. The van der Waals surface area contributed by atoms with Crippen molar-refractivity contribution in [2.24, 2.45) is 0 Å². The molecule has 0 saturated heterocycles. The van der Waals surface area contributed by atoms with Crippen molar-refractivity contribution in [2.75, 3.05) is 20.1 Å². The van der Waals surface area contributed by atoms with Crippen molar-refractivity contribution < 1.29 is 9.59 Å². The number of halogens is 2. The van der Waals surface area contributed by atoms with Crippen molar-refractivity contribution in [2.45, 2.75) is 6.92 Å². The molecule has 1 aromatic rings. The van der Waals surface area contributed by atoms with Gasteiger partial charge in [-0.25, -0.2) is 0 Å². The lowest BCUT2D eigenvalue weighted by Crippen LogP contribution is -2.38. The van der Waals surface area contributed by atoms with Crippen LogP contribution >= 0.6 is 27.5 Å². The van der Waals surface area contributed by atoms with Gasteiger partial charge in [0.2, 0.25) is 5.91 Å². The van der Waals surface area contributed by atoms with Crippen LogP contribution in [0.1, 0.15) is 17.3 Å². The highest BCUT2D eigenvalue weighted by atomic mass is 79.9. The lowest BCUT2D eigenvalue weighted by Gasteiger charge is -2.17. The number of hydrogen-bond donors (Lipinski definition) is 1. The fourth-order valence-corrected chi connectivity index (χ4v) is 1.99. The van der Waals surface area contributed by atoms with E-state index >= 15 is 0 Å². The predicted molar refractivity (Wildman–Crippen MR) is 74.8 cm³/mol.